The molecule has 0 N–H and O–H groups in total. The fourth-order valence-electron chi connectivity index (χ4n) is 1.84. The highest BCUT2D eigenvalue weighted by Gasteiger charge is 2.31. The van der Waals surface area contributed by atoms with Gasteiger partial charge in [-0.3, -0.25) is 0 Å². The Hall–Kier alpha value is -2.75. The van der Waals surface area contributed by atoms with E-state index in [1.807, 2.05) is 0 Å². The van der Waals surface area contributed by atoms with Crippen molar-refractivity contribution in [2.75, 3.05) is 0 Å². The van der Waals surface area contributed by atoms with E-state index in [-0.39, 0.29) is 17.2 Å². The first-order valence-electron chi connectivity index (χ1n) is 6.31. The summed E-state index contributed by atoms with van der Waals surface area (Å²) in [6.07, 6.45) is 0. The largest absolute Gasteiger partial charge is 0.457 e. The molecule has 25 heavy (non-hydrogen) atoms. The minimum atomic E-state index is -5.02. The van der Waals surface area contributed by atoms with Gasteiger partial charge < -0.3 is 4.74 Å². The average molecular weight is 387 g/mol. The molecular weight excluding hydrogens is 381 g/mol. The smallest absolute Gasteiger partial charge is 0.341 e. The van der Waals surface area contributed by atoms with Crippen molar-refractivity contribution in [1.82, 2.24) is 0 Å². The summed E-state index contributed by atoms with van der Waals surface area (Å²) in [5.74, 6) is -4.91. The second kappa shape index (κ2) is 7.01. The summed E-state index contributed by atoms with van der Waals surface area (Å²) in [5.41, 5.74) is -0.589. The van der Waals surface area contributed by atoms with E-state index in [0.717, 1.165) is 24.3 Å². The van der Waals surface area contributed by atoms with E-state index in [1.54, 1.807) is 6.07 Å². The van der Waals surface area contributed by atoms with Crippen LogP contribution in [0.2, 0.25) is 5.02 Å². The number of hydrogen-bond donors (Lipinski definition) is 0. The van der Waals surface area contributed by atoms with Gasteiger partial charge in [0.25, 0.3) is 0 Å². The summed E-state index contributed by atoms with van der Waals surface area (Å²) in [6, 6.07) is 6.32. The Balaban J connectivity index is 2.55. The number of sulfone groups is 1. The first kappa shape index (κ1) is 18.6. The maximum Gasteiger partial charge on any atom is 0.341 e. The number of rotatable bonds is 4. The first-order valence-corrected chi connectivity index (χ1v) is 8.23. The molecule has 0 bridgehead atoms. The molecule has 0 aliphatic rings. The minimum Gasteiger partial charge on any atom is -0.457 e. The van der Waals surface area contributed by atoms with Crippen LogP contribution in [0.3, 0.4) is 0 Å². The van der Waals surface area contributed by atoms with Gasteiger partial charge in [0.2, 0.25) is 9.84 Å². The second-order valence-electron chi connectivity index (χ2n) is 4.53. The molecule has 0 fully saturated rings. The van der Waals surface area contributed by atoms with Crippen LogP contribution in [0, 0.1) is 23.7 Å². The van der Waals surface area contributed by atoms with Crippen LogP contribution < -0.4 is 4.74 Å². The van der Waals surface area contributed by atoms with Gasteiger partial charge in [0.1, 0.15) is 28.9 Å². The fourth-order valence-corrected chi connectivity index (χ4v) is 3.17. The fraction of sp³-hybridized carbons (Fsp3) is 0.0667. The topological polar surface area (TPSA) is 71.5 Å². The van der Waals surface area contributed by atoms with Crippen molar-refractivity contribution < 1.29 is 26.3 Å². The van der Waals surface area contributed by atoms with Gasteiger partial charge in [-0.15, -0.1) is 0 Å². The highest BCUT2D eigenvalue weighted by atomic mass is 35.5. The van der Waals surface area contributed by atoms with Crippen molar-refractivity contribution in [2.24, 2.45) is 0 Å². The first-order chi connectivity index (χ1) is 11.7. The lowest BCUT2D eigenvalue weighted by atomic mass is 10.2. The number of hydrogen-bond acceptors (Lipinski definition) is 4. The van der Waals surface area contributed by atoms with E-state index < -0.39 is 36.9 Å². The molecule has 0 aromatic heterocycles. The molecule has 5 nitrogen and oxygen atoms in total. The zero-order valence-corrected chi connectivity index (χ0v) is 13.6. The molecule has 0 unspecified atom stereocenters. The Bertz CT molecular complexity index is 1030. The molecule has 2 aromatic rings. The Morgan fingerprint density at radius 1 is 1.28 bits per heavy atom. The number of nitriles is 1. The molecule has 0 radical (unpaired) electrons. The molecule has 0 saturated carbocycles. The Kier molecular flexibility index (Phi) is 5.21. The van der Waals surface area contributed by atoms with Gasteiger partial charge in [0, 0.05) is 6.07 Å². The van der Waals surface area contributed by atoms with Gasteiger partial charge in [-0.25, -0.2) is 17.7 Å². The standard InChI is InChI=1S/C15H6ClF3N2O3S/c1-21-9-4-8(17)5-10(6-9)24-12-2-3-13(14(16)11(12)7-20)25(22,23)15(18)19/h2-6,15H. The van der Waals surface area contributed by atoms with Gasteiger partial charge in [-0.05, 0) is 24.3 Å². The molecule has 2 aromatic carbocycles. The average Bonchev–Trinajstić information content (AvgIpc) is 2.54. The molecule has 0 saturated heterocycles. The van der Waals surface area contributed by atoms with Gasteiger partial charge in [-0.1, -0.05) is 11.6 Å². The molecule has 0 aliphatic heterocycles. The van der Waals surface area contributed by atoms with Crippen molar-refractivity contribution in [1.29, 1.82) is 5.26 Å². The van der Waals surface area contributed by atoms with E-state index >= 15 is 0 Å². The van der Waals surface area contributed by atoms with Crippen molar-refractivity contribution in [2.45, 2.75) is 10.7 Å². The van der Waals surface area contributed by atoms with Gasteiger partial charge in [0.05, 0.1) is 16.5 Å². The predicted molar refractivity (Wildman–Crippen MR) is 82.1 cm³/mol. The maximum absolute atomic E-state index is 13.4. The Labute approximate surface area is 145 Å². The zero-order valence-electron chi connectivity index (χ0n) is 12.0. The van der Waals surface area contributed by atoms with E-state index in [0.29, 0.717) is 0 Å². The molecule has 0 atom stereocenters. The molecule has 0 amide bonds. The van der Waals surface area contributed by atoms with Crippen LogP contribution in [0.15, 0.2) is 35.2 Å². The summed E-state index contributed by atoms with van der Waals surface area (Å²) in [6.45, 7) is 6.86. The quantitative estimate of drug-likeness (QED) is 0.714. The van der Waals surface area contributed by atoms with Crippen LogP contribution in [0.5, 0.6) is 11.5 Å². The van der Waals surface area contributed by atoms with Crippen LogP contribution in [0.1, 0.15) is 5.56 Å². The van der Waals surface area contributed by atoms with Crippen molar-refractivity contribution in [3.8, 4) is 17.6 Å². The molecule has 0 heterocycles. The van der Waals surface area contributed by atoms with E-state index in [4.69, 9.17) is 28.2 Å². The Morgan fingerprint density at radius 2 is 1.96 bits per heavy atom. The SMILES string of the molecule is [C-]#[N+]c1cc(F)cc(Oc2ccc(S(=O)(=O)C(F)F)c(Cl)c2C#N)c1. The minimum absolute atomic E-state index is 0.0727. The molecule has 0 aliphatic carbocycles. The van der Waals surface area contributed by atoms with Crippen LogP contribution in [-0.4, -0.2) is 14.2 Å². The van der Waals surface area contributed by atoms with Gasteiger partial charge in [0.15, 0.2) is 5.69 Å². The number of halogens is 4. The second-order valence-corrected chi connectivity index (χ2v) is 6.79. The maximum atomic E-state index is 13.4. The molecule has 10 heteroatoms. The number of ether oxygens (including phenoxy) is 1. The lowest BCUT2D eigenvalue weighted by Gasteiger charge is -2.12. The third-order valence-corrected chi connectivity index (χ3v) is 4.86. The number of alkyl halides is 2. The highest BCUT2D eigenvalue weighted by Crippen LogP contribution is 2.37. The van der Waals surface area contributed by atoms with Crippen LogP contribution >= 0.6 is 11.6 Å². The number of nitrogens with zero attached hydrogens (tertiary/aromatic N) is 2. The Morgan fingerprint density at radius 3 is 2.52 bits per heavy atom. The van der Waals surface area contributed by atoms with Crippen molar-refractivity contribution in [3.63, 3.8) is 0 Å². The van der Waals surface area contributed by atoms with Crippen LogP contribution in [0.4, 0.5) is 18.9 Å². The lowest BCUT2D eigenvalue weighted by Crippen LogP contribution is -2.12. The summed E-state index contributed by atoms with van der Waals surface area (Å²) in [7, 11) is -5.02. The summed E-state index contributed by atoms with van der Waals surface area (Å²) in [4.78, 5) is 2.11. The number of benzene rings is 2. The van der Waals surface area contributed by atoms with Crippen molar-refractivity contribution >= 4 is 27.1 Å². The summed E-state index contributed by atoms with van der Waals surface area (Å²) in [5, 5.41) is 8.41. The van der Waals surface area contributed by atoms with Gasteiger partial charge >= 0.3 is 5.76 Å². The lowest BCUT2D eigenvalue weighted by molar-refractivity contribution is 0.234. The van der Waals surface area contributed by atoms with E-state index in [2.05, 4.69) is 4.85 Å². The molecular formula is C15H6ClF3N2O3S. The third kappa shape index (κ3) is 3.68. The summed E-state index contributed by atoms with van der Waals surface area (Å²) >= 11 is 5.76. The summed E-state index contributed by atoms with van der Waals surface area (Å²) < 4.78 is 67.1. The molecule has 2 rings (SSSR count). The van der Waals surface area contributed by atoms with Crippen LogP contribution in [0.25, 0.3) is 4.85 Å². The van der Waals surface area contributed by atoms with E-state index in [1.165, 1.54) is 6.07 Å². The normalized spacial score (nSPS) is 11.0. The zero-order chi connectivity index (χ0) is 18.8. The predicted octanol–water partition coefficient (Wildman–Crippen LogP) is 4.69. The van der Waals surface area contributed by atoms with Gasteiger partial charge in [-0.2, -0.15) is 14.0 Å². The van der Waals surface area contributed by atoms with Crippen molar-refractivity contribution in [3.05, 3.63) is 58.2 Å². The molecule has 128 valence electrons. The van der Waals surface area contributed by atoms with E-state index in [9.17, 15) is 21.6 Å². The third-order valence-electron chi connectivity index (χ3n) is 2.93. The highest BCUT2D eigenvalue weighted by molar-refractivity contribution is 7.91. The monoisotopic (exact) mass is 386 g/mol. The molecule has 0 spiro atoms. The van der Waals surface area contributed by atoms with Crippen LogP contribution in [-0.2, 0) is 9.84 Å².